The van der Waals surface area contributed by atoms with Crippen molar-refractivity contribution in [2.75, 3.05) is 19.6 Å². The van der Waals surface area contributed by atoms with Crippen molar-refractivity contribution < 1.29 is 8.78 Å². The van der Waals surface area contributed by atoms with Crippen LogP contribution >= 0.6 is 0 Å². The quantitative estimate of drug-likeness (QED) is 0.255. The molecule has 0 amide bonds. The van der Waals surface area contributed by atoms with Gasteiger partial charge in [0.1, 0.15) is 11.6 Å². The van der Waals surface area contributed by atoms with Gasteiger partial charge in [0.15, 0.2) is 5.65 Å². The Kier molecular flexibility index (Phi) is 6.82. The van der Waals surface area contributed by atoms with Crippen LogP contribution in [0.4, 0.5) is 8.78 Å². The van der Waals surface area contributed by atoms with E-state index in [1.54, 1.807) is 36.7 Å². The highest BCUT2D eigenvalue weighted by Crippen LogP contribution is 2.43. The Morgan fingerprint density at radius 1 is 0.750 bits per heavy atom. The number of hydrogen-bond donors (Lipinski definition) is 0. The van der Waals surface area contributed by atoms with Crippen molar-refractivity contribution in [1.29, 1.82) is 0 Å². The maximum atomic E-state index is 13.9. The van der Waals surface area contributed by atoms with Gasteiger partial charge in [0, 0.05) is 41.0 Å². The van der Waals surface area contributed by atoms with E-state index in [0.717, 1.165) is 58.5 Å². The first-order valence-electron chi connectivity index (χ1n) is 12.1. The SMILES string of the molecule is CCN(CC)CCn1ncc2c(-c3ccc(F)cc3)c(-c3ccncc3)c(-c3ccc(F)cc3)nc21. The maximum absolute atomic E-state index is 13.9. The van der Waals surface area contributed by atoms with Gasteiger partial charge in [-0.1, -0.05) is 26.0 Å². The second-order valence-electron chi connectivity index (χ2n) is 8.59. The van der Waals surface area contributed by atoms with E-state index in [4.69, 9.17) is 10.1 Å². The Morgan fingerprint density at radius 3 is 1.94 bits per heavy atom. The molecule has 2 aromatic carbocycles. The van der Waals surface area contributed by atoms with Crippen LogP contribution in [0.2, 0.25) is 0 Å². The normalized spacial score (nSPS) is 11.5. The molecule has 36 heavy (non-hydrogen) atoms. The molecule has 5 rings (SSSR count). The third kappa shape index (κ3) is 4.62. The summed E-state index contributed by atoms with van der Waals surface area (Å²) in [5.41, 5.74) is 5.75. The van der Waals surface area contributed by atoms with Crippen LogP contribution in [0.1, 0.15) is 13.8 Å². The first-order chi connectivity index (χ1) is 17.6. The van der Waals surface area contributed by atoms with Gasteiger partial charge in [0.05, 0.1) is 18.4 Å². The average Bonchev–Trinajstić information content (AvgIpc) is 3.32. The predicted octanol–water partition coefficient (Wildman–Crippen LogP) is 6.45. The lowest BCUT2D eigenvalue weighted by molar-refractivity contribution is 0.287. The molecule has 3 heterocycles. The van der Waals surface area contributed by atoms with E-state index in [9.17, 15) is 8.78 Å². The smallest absolute Gasteiger partial charge is 0.159 e. The Labute approximate surface area is 209 Å². The minimum absolute atomic E-state index is 0.303. The molecule has 3 aromatic heterocycles. The summed E-state index contributed by atoms with van der Waals surface area (Å²) in [4.78, 5) is 11.6. The van der Waals surface area contributed by atoms with Crippen LogP contribution in [0.15, 0.2) is 79.3 Å². The van der Waals surface area contributed by atoms with Gasteiger partial charge in [0.25, 0.3) is 0 Å². The number of pyridine rings is 2. The van der Waals surface area contributed by atoms with E-state index in [2.05, 4.69) is 23.7 Å². The molecular formula is C29H27F2N5. The largest absolute Gasteiger partial charge is 0.302 e. The number of nitrogens with zero attached hydrogens (tertiary/aromatic N) is 5. The lowest BCUT2D eigenvalue weighted by Crippen LogP contribution is -2.27. The highest BCUT2D eigenvalue weighted by atomic mass is 19.1. The van der Waals surface area contributed by atoms with Gasteiger partial charge in [-0.3, -0.25) is 4.98 Å². The third-order valence-electron chi connectivity index (χ3n) is 6.53. The summed E-state index contributed by atoms with van der Waals surface area (Å²) < 4.78 is 29.6. The minimum Gasteiger partial charge on any atom is -0.302 e. The van der Waals surface area contributed by atoms with Crippen molar-refractivity contribution in [3.63, 3.8) is 0 Å². The van der Waals surface area contributed by atoms with E-state index >= 15 is 0 Å². The fraction of sp³-hybridized carbons (Fsp3) is 0.207. The first-order valence-corrected chi connectivity index (χ1v) is 12.1. The molecule has 0 N–H and O–H groups in total. The van der Waals surface area contributed by atoms with Gasteiger partial charge in [-0.2, -0.15) is 5.10 Å². The molecule has 0 unspecified atom stereocenters. The molecule has 0 saturated heterocycles. The lowest BCUT2D eigenvalue weighted by atomic mass is 9.89. The summed E-state index contributed by atoms with van der Waals surface area (Å²) >= 11 is 0. The topological polar surface area (TPSA) is 46.8 Å². The molecule has 0 saturated carbocycles. The van der Waals surface area contributed by atoms with E-state index in [0.29, 0.717) is 12.2 Å². The highest BCUT2D eigenvalue weighted by molar-refractivity contribution is 6.06. The van der Waals surface area contributed by atoms with E-state index < -0.39 is 0 Å². The monoisotopic (exact) mass is 483 g/mol. The van der Waals surface area contributed by atoms with E-state index in [1.165, 1.54) is 24.3 Å². The van der Waals surface area contributed by atoms with E-state index in [-0.39, 0.29) is 11.6 Å². The van der Waals surface area contributed by atoms with Crippen molar-refractivity contribution in [2.45, 2.75) is 20.4 Å². The molecule has 0 aliphatic heterocycles. The van der Waals surface area contributed by atoms with Crippen molar-refractivity contribution in [2.24, 2.45) is 0 Å². The highest BCUT2D eigenvalue weighted by Gasteiger charge is 2.22. The fourth-order valence-electron chi connectivity index (χ4n) is 4.56. The number of likely N-dealkylation sites (N-methyl/N-ethyl adjacent to an activating group) is 1. The lowest BCUT2D eigenvalue weighted by Gasteiger charge is -2.19. The zero-order valence-corrected chi connectivity index (χ0v) is 20.3. The summed E-state index contributed by atoms with van der Waals surface area (Å²) in [7, 11) is 0. The van der Waals surface area contributed by atoms with Crippen LogP contribution in [0.5, 0.6) is 0 Å². The van der Waals surface area contributed by atoms with Gasteiger partial charge < -0.3 is 4.90 Å². The molecule has 0 aliphatic rings. The molecule has 182 valence electrons. The summed E-state index contributed by atoms with van der Waals surface area (Å²) in [6, 6.07) is 16.7. The zero-order valence-electron chi connectivity index (χ0n) is 20.3. The summed E-state index contributed by atoms with van der Waals surface area (Å²) in [5, 5.41) is 5.58. The number of rotatable bonds is 8. The Hall–Kier alpha value is -3.97. The molecule has 7 heteroatoms. The standard InChI is InChI=1S/C29H27F2N5/c1-3-35(4-2)17-18-36-29-25(19-33-36)26(20-5-9-23(30)10-6-20)27(21-13-15-32-16-14-21)28(34-29)22-7-11-24(31)12-8-22/h5-16,19H,3-4,17-18H2,1-2H3. The first kappa shape index (κ1) is 23.8. The van der Waals surface area contributed by atoms with Crippen molar-refractivity contribution in [3.8, 4) is 33.5 Å². The van der Waals surface area contributed by atoms with Crippen molar-refractivity contribution in [1.82, 2.24) is 24.6 Å². The number of halogens is 2. The molecule has 0 fully saturated rings. The second-order valence-corrected chi connectivity index (χ2v) is 8.59. The van der Waals surface area contributed by atoms with Gasteiger partial charge in [-0.15, -0.1) is 0 Å². The summed E-state index contributed by atoms with van der Waals surface area (Å²) in [6.45, 7) is 7.72. The third-order valence-corrected chi connectivity index (χ3v) is 6.53. The number of benzene rings is 2. The van der Waals surface area contributed by atoms with Gasteiger partial charge in [0.2, 0.25) is 0 Å². The van der Waals surface area contributed by atoms with Crippen LogP contribution in [0.25, 0.3) is 44.5 Å². The predicted molar refractivity (Wildman–Crippen MR) is 139 cm³/mol. The Balaban J connectivity index is 1.82. The molecule has 0 aliphatic carbocycles. The Morgan fingerprint density at radius 2 is 1.33 bits per heavy atom. The molecule has 5 aromatic rings. The zero-order chi connectivity index (χ0) is 25.1. The minimum atomic E-state index is -0.312. The Bertz CT molecular complexity index is 1460. The van der Waals surface area contributed by atoms with Crippen molar-refractivity contribution >= 4 is 11.0 Å². The van der Waals surface area contributed by atoms with Crippen LogP contribution in [-0.4, -0.2) is 44.3 Å². The average molecular weight is 484 g/mol. The number of hydrogen-bond acceptors (Lipinski definition) is 4. The van der Waals surface area contributed by atoms with Gasteiger partial charge in [-0.25, -0.2) is 18.4 Å². The summed E-state index contributed by atoms with van der Waals surface area (Å²) in [5.74, 6) is -0.614. The van der Waals surface area contributed by atoms with Crippen LogP contribution in [-0.2, 0) is 6.54 Å². The molecule has 0 spiro atoms. The molecule has 0 radical (unpaired) electrons. The fourth-order valence-corrected chi connectivity index (χ4v) is 4.56. The second kappa shape index (κ2) is 10.3. The summed E-state index contributed by atoms with van der Waals surface area (Å²) in [6.07, 6.45) is 5.30. The number of fused-ring (bicyclic) bond motifs is 1. The van der Waals surface area contributed by atoms with Crippen LogP contribution in [0.3, 0.4) is 0 Å². The van der Waals surface area contributed by atoms with E-state index in [1.807, 2.05) is 23.0 Å². The van der Waals surface area contributed by atoms with Crippen molar-refractivity contribution in [3.05, 3.63) is 90.9 Å². The van der Waals surface area contributed by atoms with Crippen LogP contribution in [0, 0.1) is 11.6 Å². The van der Waals surface area contributed by atoms with Gasteiger partial charge in [-0.05, 0) is 72.7 Å². The molecule has 5 nitrogen and oxygen atoms in total. The molecule has 0 bridgehead atoms. The maximum Gasteiger partial charge on any atom is 0.159 e. The van der Waals surface area contributed by atoms with Crippen LogP contribution < -0.4 is 0 Å². The van der Waals surface area contributed by atoms with Gasteiger partial charge >= 0.3 is 0 Å². The molecule has 0 atom stereocenters. The number of aromatic nitrogens is 4. The molecular weight excluding hydrogens is 456 g/mol.